The summed E-state index contributed by atoms with van der Waals surface area (Å²) in [5, 5.41) is 14.2. The number of benzene rings is 1. The van der Waals surface area contributed by atoms with Crippen molar-refractivity contribution in [1.82, 2.24) is 19.3 Å². The van der Waals surface area contributed by atoms with Gasteiger partial charge in [-0.1, -0.05) is 44.0 Å². The minimum Gasteiger partial charge on any atom is -0.393 e. The number of thiazole rings is 1. The van der Waals surface area contributed by atoms with Crippen LogP contribution in [0.4, 0.5) is 0 Å². The molecule has 0 aliphatic rings. The fourth-order valence-electron chi connectivity index (χ4n) is 3.69. The van der Waals surface area contributed by atoms with Crippen LogP contribution in [0.5, 0.6) is 0 Å². The number of aliphatic hydroxyl groups excluding tert-OH is 1. The van der Waals surface area contributed by atoms with Crippen LogP contribution in [0.3, 0.4) is 0 Å². The molecule has 0 amide bonds. The molecule has 0 aliphatic carbocycles. The first kappa shape index (κ1) is 26.8. The number of hydrogen-bond acceptors (Lipinski definition) is 7. The van der Waals surface area contributed by atoms with Gasteiger partial charge in [-0.05, 0) is 48.9 Å². The molecule has 0 saturated carbocycles. The first-order valence-electron chi connectivity index (χ1n) is 12.1. The highest BCUT2D eigenvalue weighted by atomic mass is 32.2. The van der Waals surface area contributed by atoms with E-state index in [1.807, 2.05) is 36.7 Å². The Hall–Kier alpha value is -2.24. The van der Waals surface area contributed by atoms with Gasteiger partial charge >= 0.3 is 4.87 Å². The van der Waals surface area contributed by atoms with Crippen LogP contribution in [0, 0.1) is 0 Å². The van der Waals surface area contributed by atoms with E-state index in [-0.39, 0.29) is 16.9 Å². The summed E-state index contributed by atoms with van der Waals surface area (Å²) in [7, 11) is -1.16. The van der Waals surface area contributed by atoms with Gasteiger partial charge in [-0.15, -0.1) is 11.8 Å². The first-order valence-corrected chi connectivity index (χ1v) is 17.7. The molecule has 10 heteroatoms. The molecule has 0 bridgehead atoms. The van der Waals surface area contributed by atoms with Gasteiger partial charge in [0.25, 0.3) is 0 Å². The Morgan fingerprint density at radius 2 is 1.97 bits per heavy atom. The van der Waals surface area contributed by atoms with E-state index in [9.17, 15) is 9.90 Å². The molecule has 4 aromatic rings. The molecular formula is C26H34N4O3S2Si. The van der Waals surface area contributed by atoms with E-state index in [2.05, 4.69) is 43.7 Å². The van der Waals surface area contributed by atoms with Crippen molar-refractivity contribution in [2.45, 2.75) is 63.2 Å². The summed E-state index contributed by atoms with van der Waals surface area (Å²) in [5.41, 5.74) is 2.96. The minimum absolute atomic E-state index is 0.00761. The number of hydrogen-bond donors (Lipinski definition) is 1. The second kappa shape index (κ2) is 11.4. The first-order chi connectivity index (χ1) is 17.1. The molecule has 7 nitrogen and oxygen atoms in total. The second-order valence-electron chi connectivity index (χ2n) is 10.3. The summed E-state index contributed by atoms with van der Waals surface area (Å²) < 4.78 is 10.3. The smallest absolute Gasteiger partial charge is 0.310 e. The third-order valence-corrected chi connectivity index (χ3v) is 9.78. The fourth-order valence-corrected chi connectivity index (χ4v) is 6.10. The lowest BCUT2D eigenvalue weighted by atomic mass is 9.98. The highest BCUT2D eigenvalue weighted by Crippen LogP contribution is 2.28. The maximum absolute atomic E-state index is 12.6. The summed E-state index contributed by atoms with van der Waals surface area (Å²) in [6, 6.07) is 13.2. The van der Waals surface area contributed by atoms with Crippen molar-refractivity contribution in [3.63, 3.8) is 0 Å². The summed E-state index contributed by atoms with van der Waals surface area (Å²) in [4.78, 5) is 18.2. The summed E-state index contributed by atoms with van der Waals surface area (Å²) in [6.45, 7) is 11.8. The van der Waals surface area contributed by atoms with Gasteiger partial charge in [0.15, 0.2) is 5.82 Å². The maximum atomic E-state index is 12.6. The average Bonchev–Trinajstić information content (AvgIpc) is 3.44. The van der Waals surface area contributed by atoms with Gasteiger partial charge in [0.05, 0.1) is 22.0 Å². The summed E-state index contributed by atoms with van der Waals surface area (Å²) in [5.74, 6) is 1.45. The fraction of sp³-hybridized carbons (Fsp3) is 0.423. The molecule has 2 atom stereocenters. The van der Waals surface area contributed by atoms with Gasteiger partial charge in [0.1, 0.15) is 6.73 Å². The minimum atomic E-state index is -1.16. The number of thioether (sulfide) groups is 1. The molecular weight excluding hydrogens is 509 g/mol. The molecule has 3 heterocycles. The van der Waals surface area contributed by atoms with Crippen LogP contribution in [0.1, 0.15) is 31.0 Å². The Balaban J connectivity index is 1.46. The second-order valence-corrected chi connectivity index (χ2v) is 18.0. The number of pyridine rings is 1. The van der Waals surface area contributed by atoms with Gasteiger partial charge in [-0.2, -0.15) is 5.10 Å². The molecule has 192 valence electrons. The molecule has 1 aromatic carbocycles. The highest BCUT2D eigenvalue weighted by Gasteiger charge is 2.16. The molecule has 0 aliphatic heterocycles. The molecule has 0 fully saturated rings. The maximum Gasteiger partial charge on any atom is 0.310 e. The summed E-state index contributed by atoms with van der Waals surface area (Å²) >= 11 is 2.84. The Kier molecular flexibility index (Phi) is 8.51. The molecule has 36 heavy (non-hydrogen) atoms. The van der Waals surface area contributed by atoms with Crippen molar-refractivity contribution in [3.05, 3.63) is 69.7 Å². The SMILES string of the molecule is CC(O)CSc1ccc(-n2ccc(C(C)c3ccc4c(c3)sc(=O)n4COCC[Si](C)(C)C)n2)nc1. The lowest BCUT2D eigenvalue weighted by molar-refractivity contribution is 0.0888. The number of aliphatic hydroxyl groups is 1. The quantitative estimate of drug-likeness (QED) is 0.151. The van der Waals surface area contributed by atoms with Crippen molar-refractivity contribution in [3.8, 4) is 5.82 Å². The molecule has 4 rings (SSSR count). The van der Waals surface area contributed by atoms with E-state index in [1.54, 1.807) is 27.9 Å². The lowest BCUT2D eigenvalue weighted by Gasteiger charge is -2.15. The average molecular weight is 543 g/mol. The number of rotatable bonds is 11. The number of ether oxygens (including phenoxy) is 1. The van der Waals surface area contributed by atoms with E-state index >= 15 is 0 Å². The molecule has 3 aromatic heterocycles. The van der Waals surface area contributed by atoms with E-state index in [0.717, 1.165) is 38.2 Å². The monoisotopic (exact) mass is 542 g/mol. The van der Waals surface area contributed by atoms with E-state index in [1.165, 1.54) is 11.3 Å². The van der Waals surface area contributed by atoms with Crippen LogP contribution in [0.2, 0.25) is 25.7 Å². The number of aromatic nitrogens is 4. The lowest BCUT2D eigenvalue weighted by Crippen LogP contribution is -2.23. The zero-order valence-corrected chi connectivity index (χ0v) is 24.1. The van der Waals surface area contributed by atoms with E-state index in [0.29, 0.717) is 19.1 Å². The van der Waals surface area contributed by atoms with Crippen LogP contribution in [0.25, 0.3) is 16.0 Å². The molecule has 0 radical (unpaired) electrons. The van der Waals surface area contributed by atoms with Crippen LogP contribution in [-0.4, -0.2) is 51.0 Å². The van der Waals surface area contributed by atoms with Crippen LogP contribution in [0.15, 0.2) is 58.5 Å². The molecule has 2 unspecified atom stereocenters. The van der Waals surface area contributed by atoms with Crippen LogP contribution < -0.4 is 4.87 Å². The van der Waals surface area contributed by atoms with Gasteiger partial charge < -0.3 is 9.84 Å². The van der Waals surface area contributed by atoms with Crippen LogP contribution in [-0.2, 0) is 11.5 Å². The van der Waals surface area contributed by atoms with Gasteiger partial charge in [0, 0.05) is 43.6 Å². The third-order valence-electron chi connectivity index (χ3n) is 5.91. The Morgan fingerprint density at radius 3 is 2.67 bits per heavy atom. The van der Waals surface area contributed by atoms with Crippen molar-refractivity contribution < 1.29 is 9.84 Å². The van der Waals surface area contributed by atoms with Crippen molar-refractivity contribution in [1.29, 1.82) is 0 Å². The Morgan fingerprint density at radius 1 is 1.17 bits per heavy atom. The molecule has 0 spiro atoms. The predicted molar refractivity (Wildman–Crippen MR) is 151 cm³/mol. The number of fused-ring (bicyclic) bond motifs is 1. The zero-order valence-electron chi connectivity index (χ0n) is 21.5. The normalized spacial score (nSPS) is 13.8. The molecule has 0 saturated heterocycles. The van der Waals surface area contributed by atoms with Crippen LogP contribution >= 0.6 is 23.1 Å². The van der Waals surface area contributed by atoms with E-state index < -0.39 is 8.07 Å². The zero-order chi connectivity index (χ0) is 25.9. The van der Waals surface area contributed by atoms with Gasteiger partial charge in [-0.3, -0.25) is 9.36 Å². The predicted octanol–water partition coefficient (Wildman–Crippen LogP) is 5.58. The third kappa shape index (κ3) is 6.74. The van der Waals surface area contributed by atoms with Crippen molar-refractivity contribution in [2.75, 3.05) is 12.4 Å². The van der Waals surface area contributed by atoms with Gasteiger partial charge in [-0.25, -0.2) is 9.67 Å². The Bertz CT molecular complexity index is 1360. The van der Waals surface area contributed by atoms with Gasteiger partial charge in [0.2, 0.25) is 0 Å². The Labute approximate surface area is 221 Å². The number of nitrogens with zero attached hydrogens (tertiary/aromatic N) is 4. The van der Waals surface area contributed by atoms with Crippen molar-refractivity contribution >= 4 is 41.4 Å². The summed E-state index contributed by atoms with van der Waals surface area (Å²) in [6.07, 6.45) is 3.38. The standard InChI is InChI=1S/C26H34N4O3S2Si/c1-18(31)16-34-21-7-9-25(27-15-21)30-11-10-22(28-30)19(2)20-6-8-23-24(14-20)35-26(32)29(23)17-33-12-13-36(3,4)5/h6-11,14-15,18-19,31H,12-13,16-17H2,1-5H3. The molecule has 1 N–H and O–H groups in total. The largest absolute Gasteiger partial charge is 0.393 e. The van der Waals surface area contributed by atoms with Crippen molar-refractivity contribution in [2.24, 2.45) is 0 Å². The topological polar surface area (TPSA) is 82.2 Å². The highest BCUT2D eigenvalue weighted by molar-refractivity contribution is 7.99. The van der Waals surface area contributed by atoms with E-state index in [4.69, 9.17) is 9.84 Å².